The number of nitrogens with zero attached hydrogens (tertiary/aromatic N) is 1. The molecule has 1 aromatic carbocycles. The van der Waals surface area contributed by atoms with E-state index in [1.165, 1.54) is 4.31 Å². The van der Waals surface area contributed by atoms with Crippen LogP contribution in [0.4, 0.5) is 0 Å². The van der Waals surface area contributed by atoms with Gasteiger partial charge in [0.15, 0.2) is 0 Å². The summed E-state index contributed by atoms with van der Waals surface area (Å²) in [6, 6.07) is 5.87. The van der Waals surface area contributed by atoms with Gasteiger partial charge in [-0.15, -0.1) is 12.4 Å². The van der Waals surface area contributed by atoms with Gasteiger partial charge in [-0.2, -0.15) is 4.31 Å². The molecule has 144 valence electrons. The Morgan fingerprint density at radius 1 is 1.16 bits per heavy atom. The van der Waals surface area contributed by atoms with Crippen molar-refractivity contribution >= 4 is 28.3 Å². The topological polar surface area (TPSA) is 92.5 Å². The van der Waals surface area contributed by atoms with Gasteiger partial charge in [0, 0.05) is 13.1 Å². The number of halogens is 1. The molecule has 0 radical (unpaired) electrons. The summed E-state index contributed by atoms with van der Waals surface area (Å²) in [4.78, 5) is 12.2. The van der Waals surface area contributed by atoms with E-state index in [1.54, 1.807) is 24.3 Å². The minimum atomic E-state index is -3.46. The van der Waals surface area contributed by atoms with Crippen LogP contribution >= 0.6 is 12.4 Å². The molecule has 0 fully saturated rings. The molecule has 0 aliphatic carbocycles. The second-order valence-electron chi connectivity index (χ2n) is 5.78. The fourth-order valence-corrected chi connectivity index (χ4v) is 3.94. The highest BCUT2D eigenvalue weighted by molar-refractivity contribution is 7.89. The maximum atomic E-state index is 12.5. The van der Waals surface area contributed by atoms with Gasteiger partial charge in [0.1, 0.15) is 0 Å². The predicted octanol–water partition coefficient (Wildman–Crippen LogP) is 2.44. The van der Waals surface area contributed by atoms with Crippen LogP contribution < -0.4 is 11.1 Å². The van der Waals surface area contributed by atoms with Crippen molar-refractivity contribution in [3.05, 3.63) is 29.8 Å². The average molecular weight is 392 g/mol. The van der Waals surface area contributed by atoms with Gasteiger partial charge in [-0.3, -0.25) is 4.79 Å². The molecule has 6 nitrogen and oxygen atoms in total. The molecule has 0 aromatic heterocycles. The Morgan fingerprint density at radius 3 is 2.12 bits per heavy atom. The molecular weight excluding hydrogens is 362 g/mol. The number of carbonyl (C=O) groups is 1. The second-order valence-corrected chi connectivity index (χ2v) is 7.72. The summed E-state index contributed by atoms with van der Waals surface area (Å²) in [7, 11) is -3.46. The number of benzene rings is 1. The number of rotatable bonds is 9. The Bertz CT molecular complexity index is 631. The fourth-order valence-electron chi connectivity index (χ4n) is 2.49. The smallest absolute Gasteiger partial charge is 0.243 e. The first kappa shape index (κ1) is 23.9. The van der Waals surface area contributed by atoms with E-state index in [4.69, 9.17) is 5.73 Å². The molecule has 0 aliphatic rings. The maximum absolute atomic E-state index is 12.5. The van der Waals surface area contributed by atoms with Crippen LogP contribution in [0.5, 0.6) is 0 Å². The standard InChI is InChI=1S/C17H29N3O3S.ClH/c1-5-8-16(18)17(21)19-13(4)14-9-11-15(12-10-14)24(22,23)20(6-2)7-3;/h9-13,16H,5-8,18H2,1-4H3,(H,19,21);1H. The van der Waals surface area contributed by atoms with Crippen molar-refractivity contribution < 1.29 is 13.2 Å². The molecule has 0 heterocycles. The van der Waals surface area contributed by atoms with Gasteiger partial charge in [0.05, 0.1) is 17.0 Å². The van der Waals surface area contributed by atoms with Crippen molar-refractivity contribution in [1.29, 1.82) is 0 Å². The Labute approximate surface area is 157 Å². The summed E-state index contributed by atoms with van der Waals surface area (Å²) in [5.41, 5.74) is 6.64. The molecule has 1 amide bonds. The first-order valence-electron chi connectivity index (χ1n) is 8.43. The van der Waals surface area contributed by atoms with E-state index in [2.05, 4.69) is 5.32 Å². The summed E-state index contributed by atoms with van der Waals surface area (Å²) < 4.78 is 26.3. The third-order valence-corrected chi connectivity index (χ3v) is 6.08. The largest absolute Gasteiger partial charge is 0.348 e. The molecule has 1 rings (SSSR count). The minimum Gasteiger partial charge on any atom is -0.348 e. The zero-order chi connectivity index (χ0) is 18.3. The third-order valence-electron chi connectivity index (χ3n) is 4.02. The van der Waals surface area contributed by atoms with Crippen molar-refractivity contribution in [3.63, 3.8) is 0 Å². The lowest BCUT2D eigenvalue weighted by molar-refractivity contribution is -0.123. The molecule has 8 heteroatoms. The van der Waals surface area contributed by atoms with Crippen LogP contribution in [0.2, 0.25) is 0 Å². The zero-order valence-electron chi connectivity index (χ0n) is 15.4. The van der Waals surface area contributed by atoms with Crippen LogP contribution in [-0.4, -0.2) is 37.8 Å². The number of hydrogen-bond acceptors (Lipinski definition) is 4. The normalized spacial score (nSPS) is 13.8. The number of amides is 1. The molecule has 0 saturated carbocycles. The Kier molecular flexibility index (Phi) is 10.3. The first-order valence-corrected chi connectivity index (χ1v) is 9.87. The van der Waals surface area contributed by atoms with Crippen molar-refractivity contribution in [2.75, 3.05) is 13.1 Å². The summed E-state index contributed by atoms with van der Waals surface area (Å²) in [6.07, 6.45) is 1.49. The van der Waals surface area contributed by atoms with Crippen molar-refractivity contribution in [3.8, 4) is 0 Å². The highest BCUT2D eigenvalue weighted by Crippen LogP contribution is 2.19. The van der Waals surface area contributed by atoms with Crippen molar-refractivity contribution in [2.24, 2.45) is 5.73 Å². The van der Waals surface area contributed by atoms with Crippen molar-refractivity contribution in [2.45, 2.75) is 57.5 Å². The van der Waals surface area contributed by atoms with E-state index in [0.717, 1.165) is 12.0 Å². The van der Waals surface area contributed by atoms with Gasteiger partial charge in [-0.05, 0) is 31.0 Å². The monoisotopic (exact) mass is 391 g/mol. The Balaban J connectivity index is 0.00000576. The maximum Gasteiger partial charge on any atom is 0.243 e. The Hall–Kier alpha value is -1.15. The van der Waals surface area contributed by atoms with E-state index in [9.17, 15) is 13.2 Å². The van der Waals surface area contributed by atoms with Gasteiger partial charge < -0.3 is 11.1 Å². The first-order chi connectivity index (χ1) is 11.3. The molecule has 0 saturated heterocycles. The number of nitrogens with one attached hydrogen (secondary N) is 1. The summed E-state index contributed by atoms with van der Waals surface area (Å²) in [5, 5.41) is 2.86. The molecule has 2 atom stereocenters. The highest BCUT2D eigenvalue weighted by Gasteiger charge is 2.22. The number of hydrogen-bond donors (Lipinski definition) is 2. The molecular formula is C17H30ClN3O3S. The lowest BCUT2D eigenvalue weighted by atomic mass is 10.1. The van der Waals surface area contributed by atoms with Crippen molar-refractivity contribution in [1.82, 2.24) is 9.62 Å². The highest BCUT2D eigenvalue weighted by atomic mass is 35.5. The van der Waals surface area contributed by atoms with Crippen LogP contribution in [0.25, 0.3) is 0 Å². The lowest BCUT2D eigenvalue weighted by Gasteiger charge is -2.20. The van der Waals surface area contributed by atoms with Gasteiger partial charge >= 0.3 is 0 Å². The fraction of sp³-hybridized carbons (Fsp3) is 0.588. The van der Waals surface area contributed by atoms with Crippen LogP contribution in [0.3, 0.4) is 0 Å². The van der Waals surface area contributed by atoms with Crippen LogP contribution in [-0.2, 0) is 14.8 Å². The molecule has 0 spiro atoms. The average Bonchev–Trinajstić information content (AvgIpc) is 2.56. The van der Waals surface area contributed by atoms with Gasteiger partial charge in [0.2, 0.25) is 15.9 Å². The lowest BCUT2D eigenvalue weighted by Crippen LogP contribution is -2.41. The Morgan fingerprint density at radius 2 is 1.68 bits per heavy atom. The molecule has 3 N–H and O–H groups in total. The van der Waals surface area contributed by atoms with Gasteiger partial charge in [-0.1, -0.05) is 39.3 Å². The zero-order valence-corrected chi connectivity index (χ0v) is 17.0. The molecule has 0 aliphatic heterocycles. The SMILES string of the molecule is CCCC(N)C(=O)NC(C)c1ccc(S(=O)(=O)N(CC)CC)cc1.Cl. The minimum absolute atomic E-state index is 0. The van der Waals surface area contributed by atoms with Gasteiger partial charge in [0.25, 0.3) is 0 Å². The van der Waals surface area contributed by atoms with E-state index in [1.807, 2.05) is 27.7 Å². The summed E-state index contributed by atoms with van der Waals surface area (Å²) >= 11 is 0. The summed E-state index contributed by atoms with van der Waals surface area (Å²) in [6.45, 7) is 8.32. The second kappa shape index (κ2) is 10.8. The summed E-state index contributed by atoms with van der Waals surface area (Å²) in [5.74, 6) is -0.191. The van der Waals surface area contributed by atoms with Gasteiger partial charge in [-0.25, -0.2) is 8.42 Å². The third kappa shape index (κ3) is 6.26. The molecule has 25 heavy (non-hydrogen) atoms. The van der Waals surface area contributed by atoms with Crippen LogP contribution in [0.15, 0.2) is 29.2 Å². The quantitative estimate of drug-likeness (QED) is 0.676. The molecule has 2 unspecified atom stereocenters. The van der Waals surface area contributed by atoms with Crippen LogP contribution in [0, 0.1) is 0 Å². The van der Waals surface area contributed by atoms with E-state index in [0.29, 0.717) is 19.5 Å². The number of carbonyl (C=O) groups excluding carboxylic acids is 1. The predicted molar refractivity (Wildman–Crippen MR) is 103 cm³/mol. The van der Waals surface area contributed by atoms with E-state index in [-0.39, 0.29) is 29.3 Å². The van der Waals surface area contributed by atoms with E-state index >= 15 is 0 Å². The number of sulfonamides is 1. The molecule has 1 aromatic rings. The van der Waals surface area contributed by atoms with Crippen LogP contribution in [0.1, 0.15) is 52.1 Å². The van der Waals surface area contributed by atoms with E-state index < -0.39 is 16.1 Å². The number of nitrogens with two attached hydrogens (primary N) is 1. The molecule has 0 bridgehead atoms.